The molecule has 7 nitrogen and oxygen atoms in total. The summed E-state index contributed by atoms with van der Waals surface area (Å²) in [6.07, 6.45) is 1.22. The third kappa shape index (κ3) is 6.06. The fourth-order valence-corrected chi connectivity index (χ4v) is 3.64. The number of aliphatic carboxylic acids is 1. The van der Waals surface area contributed by atoms with Crippen LogP contribution < -0.4 is 9.84 Å². The van der Waals surface area contributed by atoms with Crippen LogP contribution in [0.1, 0.15) is 61.1 Å². The molecule has 1 unspecified atom stereocenters. The number of carboxylic acid groups (broad SMARTS) is 1. The number of esters is 1. The third-order valence-corrected chi connectivity index (χ3v) is 5.46. The molecule has 0 bridgehead atoms. The van der Waals surface area contributed by atoms with Crippen molar-refractivity contribution in [2.24, 2.45) is 0 Å². The Morgan fingerprint density at radius 1 is 0.970 bits per heavy atom. The van der Waals surface area contributed by atoms with E-state index in [-0.39, 0.29) is 16.9 Å². The molecule has 0 spiro atoms. The molecule has 1 saturated carbocycles. The fraction of sp³-hybridized carbons (Fsp3) is 0.375. The summed E-state index contributed by atoms with van der Waals surface area (Å²) in [5.74, 6) is -8.23. The summed E-state index contributed by atoms with van der Waals surface area (Å²) in [6.45, 7) is 1.85. The number of alkyl halides is 2. The van der Waals surface area contributed by atoms with Gasteiger partial charge in [0, 0.05) is 0 Å². The molecule has 9 heteroatoms. The van der Waals surface area contributed by atoms with Crippen LogP contribution >= 0.6 is 0 Å². The van der Waals surface area contributed by atoms with Gasteiger partial charge in [0.2, 0.25) is 0 Å². The smallest absolute Gasteiger partial charge is 0.514 e. The normalized spacial score (nSPS) is 16.3. The van der Waals surface area contributed by atoms with Gasteiger partial charge in [0.25, 0.3) is 0 Å². The monoisotopic (exact) mass is 461 g/mol. The molecule has 1 aliphatic rings. The van der Waals surface area contributed by atoms with E-state index >= 15 is 0 Å². The molecule has 33 heavy (non-hydrogen) atoms. The Balaban J connectivity index is 1.67. The highest BCUT2D eigenvalue weighted by Gasteiger charge is 2.45. The molecule has 2 aromatic carbocycles. The Labute approximate surface area is 189 Å². The van der Waals surface area contributed by atoms with E-state index in [0.29, 0.717) is 0 Å². The van der Waals surface area contributed by atoms with Crippen LogP contribution in [0, 0.1) is 0 Å². The molecule has 0 aromatic heterocycles. The summed E-state index contributed by atoms with van der Waals surface area (Å²) >= 11 is 0. The van der Waals surface area contributed by atoms with Crippen LogP contribution in [0.15, 0.2) is 54.6 Å². The van der Waals surface area contributed by atoms with Crippen molar-refractivity contribution in [2.45, 2.75) is 56.7 Å². The molecular formula is C24H23F2O7-. The predicted molar refractivity (Wildman–Crippen MR) is 110 cm³/mol. The van der Waals surface area contributed by atoms with E-state index in [1.807, 2.05) is 6.92 Å². The molecule has 176 valence electrons. The van der Waals surface area contributed by atoms with Gasteiger partial charge in [-0.1, -0.05) is 36.8 Å². The summed E-state index contributed by atoms with van der Waals surface area (Å²) in [5, 5.41) is 11.0. The van der Waals surface area contributed by atoms with E-state index in [9.17, 15) is 28.3 Å². The second kappa shape index (κ2) is 9.97. The summed E-state index contributed by atoms with van der Waals surface area (Å²) < 4.78 is 43.8. The Morgan fingerprint density at radius 3 is 2.15 bits per heavy atom. The van der Waals surface area contributed by atoms with Gasteiger partial charge in [-0.3, -0.25) is 0 Å². The molecule has 0 aliphatic heterocycles. The quantitative estimate of drug-likeness (QED) is 0.450. The third-order valence-electron chi connectivity index (χ3n) is 5.46. The zero-order valence-electron chi connectivity index (χ0n) is 17.9. The minimum Gasteiger partial charge on any atom is -0.544 e. The van der Waals surface area contributed by atoms with Gasteiger partial charge in [-0.15, -0.1) is 0 Å². The second-order valence-electron chi connectivity index (χ2n) is 8.10. The first-order chi connectivity index (χ1) is 15.6. The van der Waals surface area contributed by atoms with Gasteiger partial charge < -0.3 is 24.1 Å². The van der Waals surface area contributed by atoms with Gasteiger partial charge >= 0.3 is 18.0 Å². The van der Waals surface area contributed by atoms with Gasteiger partial charge in [-0.05, 0) is 62.4 Å². The molecule has 0 saturated heterocycles. The van der Waals surface area contributed by atoms with Crippen molar-refractivity contribution in [3.05, 3.63) is 65.7 Å². The van der Waals surface area contributed by atoms with E-state index in [4.69, 9.17) is 14.2 Å². The molecule has 0 N–H and O–H groups in total. The Kier molecular flexibility index (Phi) is 7.30. The minimum absolute atomic E-state index is 0.0793. The van der Waals surface area contributed by atoms with Crippen LogP contribution in [0.5, 0.6) is 5.75 Å². The number of hydrogen-bond donors (Lipinski definition) is 0. The topological polar surface area (TPSA) is 102 Å². The van der Waals surface area contributed by atoms with Crippen molar-refractivity contribution in [1.29, 1.82) is 0 Å². The lowest BCUT2D eigenvalue weighted by molar-refractivity contribution is -0.336. The maximum absolute atomic E-state index is 14.2. The van der Waals surface area contributed by atoms with E-state index in [0.717, 1.165) is 32.1 Å². The van der Waals surface area contributed by atoms with Gasteiger partial charge in [0.15, 0.2) is 6.10 Å². The summed E-state index contributed by atoms with van der Waals surface area (Å²) in [5.41, 5.74) is -0.945. The minimum atomic E-state index is -4.46. The van der Waals surface area contributed by atoms with Gasteiger partial charge in [-0.25, -0.2) is 9.59 Å². The largest absolute Gasteiger partial charge is 0.544 e. The maximum atomic E-state index is 14.2. The zero-order valence-corrected chi connectivity index (χ0v) is 17.9. The number of carbonyl (C=O) groups excluding carboxylic acids is 3. The first-order valence-electron chi connectivity index (χ1n) is 10.5. The molecule has 3 rings (SSSR count). The second-order valence-corrected chi connectivity index (χ2v) is 8.10. The average Bonchev–Trinajstić information content (AvgIpc) is 2.78. The standard InChI is InChI=1S/C24H24F2O7/c1-23(14-6-3-7-15-23)33-22(30)31-18-12-10-17(11-13-18)20(27)32-19(24(25,26)21(28)29)16-8-4-2-5-9-16/h2,4-5,8-13,19H,3,6-7,14-15H2,1H3,(H,28,29)/p-1. The van der Waals surface area contributed by atoms with Crippen LogP contribution in [-0.4, -0.2) is 29.6 Å². The highest BCUT2D eigenvalue weighted by molar-refractivity contribution is 5.90. The maximum Gasteiger partial charge on any atom is 0.514 e. The lowest BCUT2D eigenvalue weighted by Gasteiger charge is -2.32. The summed E-state index contributed by atoms with van der Waals surface area (Å²) in [6, 6.07) is 11.7. The van der Waals surface area contributed by atoms with Gasteiger partial charge in [0.05, 0.1) is 5.56 Å². The SMILES string of the molecule is CC1(OC(=O)Oc2ccc(C(=O)OC(c3ccccc3)C(F)(F)C(=O)[O-])cc2)CCCCC1. The molecule has 0 radical (unpaired) electrons. The number of benzene rings is 2. The summed E-state index contributed by atoms with van der Waals surface area (Å²) in [4.78, 5) is 35.5. The van der Waals surface area contributed by atoms with Crippen molar-refractivity contribution in [3.8, 4) is 5.75 Å². The van der Waals surface area contributed by atoms with Crippen LogP contribution in [-0.2, 0) is 14.3 Å². The number of rotatable bonds is 7. The Morgan fingerprint density at radius 2 is 1.58 bits per heavy atom. The number of carbonyl (C=O) groups is 3. The number of carboxylic acids is 1. The zero-order chi connectivity index (χ0) is 24.1. The predicted octanol–water partition coefficient (Wildman–Crippen LogP) is 4.21. The lowest BCUT2D eigenvalue weighted by Crippen LogP contribution is -2.47. The van der Waals surface area contributed by atoms with Gasteiger partial charge in [-0.2, -0.15) is 8.78 Å². The van der Waals surface area contributed by atoms with Crippen LogP contribution in [0.3, 0.4) is 0 Å². The molecule has 1 fully saturated rings. The number of ether oxygens (including phenoxy) is 3. The van der Waals surface area contributed by atoms with E-state index < -0.39 is 35.7 Å². The number of halogens is 2. The average molecular weight is 461 g/mol. The highest BCUT2D eigenvalue weighted by Crippen LogP contribution is 2.35. The first-order valence-corrected chi connectivity index (χ1v) is 10.5. The van der Waals surface area contributed by atoms with E-state index in [1.54, 1.807) is 0 Å². The molecule has 0 amide bonds. The lowest BCUT2D eigenvalue weighted by atomic mass is 9.86. The number of hydrogen-bond acceptors (Lipinski definition) is 7. The van der Waals surface area contributed by atoms with Crippen molar-refractivity contribution in [3.63, 3.8) is 0 Å². The molecule has 0 heterocycles. The summed E-state index contributed by atoms with van der Waals surface area (Å²) in [7, 11) is 0. The van der Waals surface area contributed by atoms with Crippen molar-refractivity contribution < 1.29 is 42.5 Å². The van der Waals surface area contributed by atoms with Crippen molar-refractivity contribution in [1.82, 2.24) is 0 Å². The Bertz CT molecular complexity index is 984. The van der Waals surface area contributed by atoms with Crippen LogP contribution in [0.4, 0.5) is 13.6 Å². The van der Waals surface area contributed by atoms with Gasteiger partial charge in [0.1, 0.15) is 17.3 Å². The van der Waals surface area contributed by atoms with Crippen LogP contribution in [0.25, 0.3) is 0 Å². The van der Waals surface area contributed by atoms with Crippen molar-refractivity contribution >= 4 is 18.1 Å². The van der Waals surface area contributed by atoms with Crippen molar-refractivity contribution in [2.75, 3.05) is 0 Å². The molecule has 2 aromatic rings. The molecule has 1 aliphatic carbocycles. The van der Waals surface area contributed by atoms with Crippen LogP contribution in [0.2, 0.25) is 0 Å². The fourth-order valence-electron chi connectivity index (χ4n) is 3.64. The first kappa shape index (κ1) is 24.2. The molecular weight excluding hydrogens is 438 g/mol. The molecule has 1 atom stereocenters. The van der Waals surface area contributed by atoms with E-state index in [1.165, 1.54) is 54.6 Å². The highest BCUT2D eigenvalue weighted by atomic mass is 19.3. The Hall–Kier alpha value is -3.49. The van der Waals surface area contributed by atoms with E-state index in [2.05, 4.69) is 0 Å².